The Morgan fingerprint density at radius 1 is 1.00 bits per heavy atom. The van der Waals surface area contributed by atoms with Crippen molar-refractivity contribution in [3.8, 4) is 0 Å². The Morgan fingerprint density at radius 2 is 1.58 bits per heavy atom. The molecule has 2 aromatic rings. The highest BCUT2D eigenvalue weighted by Gasteiger charge is 2.16. The van der Waals surface area contributed by atoms with Crippen LogP contribution in [0.25, 0.3) is 0 Å². The maximum Gasteiger partial charge on any atom is 0.261 e. The van der Waals surface area contributed by atoms with Gasteiger partial charge in [-0.2, -0.15) is 0 Å². The predicted octanol–water partition coefficient (Wildman–Crippen LogP) is 2.78. The molecule has 2 rings (SSSR count). The van der Waals surface area contributed by atoms with E-state index in [9.17, 15) is 13.2 Å². The Morgan fingerprint density at radius 3 is 2.12 bits per heavy atom. The fourth-order valence-corrected chi connectivity index (χ4v) is 3.59. The Bertz CT molecular complexity index is 808. The van der Waals surface area contributed by atoms with Gasteiger partial charge in [-0.25, -0.2) is 8.42 Å². The fraction of sp³-hybridized carbons (Fsp3) is 0.278. The van der Waals surface area contributed by atoms with Crippen molar-refractivity contribution in [2.75, 3.05) is 11.3 Å². The van der Waals surface area contributed by atoms with E-state index in [4.69, 9.17) is 0 Å². The molecule has 0 aliphatic heterocycles. The van der Waals surface area contributed by atoms with Crippen molar-refractivity contribution in [2.24, 2.45) is 0 Å². The van der Waals surface area contributed by atoms with E-state index in [1.54, 1.807) is 24.3 Å². The second-order valence-electron chi connectivity index (χ2n) is 5.75. The molecule has 6 heteroatoms. The van der Waals surface area contributed by atoms with Crippen molar-refractivity contribution in [2.45, 2.75) is 32.1 Å². The molecule has 0 saturated heterocycles. The van der Waals surface area contributed by atoms with Gasteiger partial charge in [-0.05, 0) is 49.1 Å². The van der Waals surface area contributed by atoms with Crippen LogP contribution in [-0.4, -0.2) is 20.9 Å². The minimum atomic E-state index is -3.63. The molecule has 0 bridgehead atoms. The van der Waals surface area contributed by atoms with Gasteiger partial charge in [-0.15, -0.1) is 0 Å². The molecule has 0 aliphatic carbocycles. The average Bonchev–Trinajstić information content (AvgIpc) is 2.51. The molecule has 0 atom stereocenters. The summed E-state index contributed by atoms with van der Waals surface area (Å²) in [6, 6.07) is 12.3. The number of aryl methyl sites for hydroxylation is 2. The second-order valence-corrected chi connectivity index (χ2v) is 7.43. The minimum absolute atomic E-state index is 0.0769. The highest BCUT2D eigenvalue weighted by atomic mass is 32.2. The van der Waals surface area contributed by atoms with Crippen LogP contribution < -0.4 is 10.0 Å². The number of carbonyl (C=O) groups is 1. The molecule has 24 heavy (non-hydrogen) atoms. The molecule has 0 aliphatic rings. The first-order valence-corrected chi connectivity index (χ1v) is 9.20. The Hall–Kier alpha value is -2.34. The van der Waals surface area contributed by atoms with Gasteiger partial charge in [0.05, 0.1) is 10.6 Å². The summed E-state index contributed by atoms with van der Waals surface area (Å²) in [4.78, 5) is 11.1. The highest BCUT2D eigenvalue weighted by Crippen LogP contribution is 2.23. The lowest BCUT2D eigenvalue weighted by Gasteiger charge is -2.13. The number of para-hydroxylation sites is 1. The predicted molar refractivity (Wildman–Crippen MR) is 95.6 cm³/mol. The molecule has 0 heterocycles. The van der Waals surface area contributed by atoms with Gasteiger partial charge in [-0.3, -0.25) is 9.52 Å². The van der Waals surface area contributed by atoms with Crippen LogP contribution in [0, 0.1) is 13.8 Å². The normalized spacial score (nSPS) is 11.1. The third kappa shape index (κ3) is 4.58. The molecule has 2 N–H and O–H groups in total. The van der Waals surface area contributed by atoms with Crippen LogP contribution in [0.4, 0.5) is 5.69 Å². The molecule has 0 aromatic heterocycles. The van der Waals surface area contributed by atoms with Gasteiger partial charge in [0.15, 0.2) is 0 Å². The summed E-state index contributed by atoms with van der Waals surface area (Å²) >= 11 is 0. The van der Waals surface area contributed by atoms with Gasteiger partial charge >= 0.3 is 0 Å². The Labute approximate surface area is 143 Å². The van der Waals surface area contributed by atoms with Crippen LogP contribution in [0.1, 0.15) is 23.6 Å². The van der Waals surface area contributed by atoms with E-state index < -0.39 is 10.0 Å². The van der Waals surface area contributed by atoms with Gasteiger partial charge < -0.3 is 5.32 Å². The molecule has 0 unspecified atom stereocenters. The quantitative estimate of drug-likeness (QED) is 0.844. The zero-order valence-corrected chi connectivity index (χ0v) is 14.9. The standard InChI is InChI=1S/C18H22N2O3S/c1-13-5-4-6-14(2)18(13)20-24(22,23)17-9-7-16(8-10-17)11-12-19-15(3)21/h4-10,20H,11-12H2,1-3H3,(H,19,21). The van der Waals surface area contributed by atoms with E-state index in [0.29, 0.717) is 18.7 Å². The summed E-state index contributed by atoms with van der Waals surface area (Å²) in [5.41, 5.74) is 3.35. The number of hydrogen-bond acceptors (Lipinski definition) is 3. The van der Waals surface area contributed by atoms with Gasteiger partial charge in [0.25, 0.3) is 10.0 Å². The van der Waals surface area contributed by atoms with Crippen LogP contribution >= 0.6 is 0 Å². The van der Waals surface area contributed by atoms with E-state index in [0.717, 1.165) is 16.7 Å². The van der Waals surface area contributed by atoms with Crippen molar-refractivity contribution < 1.29 is 13.2 Å². The number of anilines is 1. The molecule has 0 saturated carbocycles. The summed E-state index contributed by atoms with van der Waals surface area (Å²) < 4.78 is 27.8. The van der Waals surface area contributed by atoms with Gasteiger partial charge in [-0.1, -0.05) is 30.3 Å². The number of sulfonamides is 1. The van der Waals surface area contributed by atoms with E-state index in [-0.39, 0.29) is 10.8 Å². The van der Waals surface area contributed by atoms with E-state index in [1.807, 2.05) is 32.0 Å². The maximum absolute atomic E-state index is 12.6. The molecular formula is C18H22N2O3S. The van der Waals surface area contributed by atoms with E-state index >= 15 is 0 Å². The third-order valence-electron chi connectivity index (χ3n) is 3.74. The zero-order valence-electron chi connectivity index (χ0n) is 14.1. The fourth-order valence-electron chi connectivity index (χ4n) is 2.39. The average molecular weight is 346 g/mol. The number of benzene rings is 2. The van der Waals surface area contributed by atoms with Crippen molar-refractivity contribution in [1.29, 1.82) is 0 Å². The van der Waals surface area contributed by atoms with Gasteiger partial charge in [0.2, 0.25) is 5.91 Å². The topological polar surface area (TPSA) is 75.3 Å². The summed E-state index contributed by atoms with van der Waals surface area (Å²) in [7, 11) is -3.63. The van der Waals surface area contributed by atoms with Crippen molar-refractivity contribution in [1.82, 2.24) is 5.32 Å². The van der Waals surface area contributed by atoms with Crippen molar-refractivity contribution in [3.63, 3.8) is 0 Å². The molecular weight excluding hydrogens is 324 g/mol. The molecule has 1 amide bonds. The number of hydrogen-bond donors (Lipinski definition) is 2. The molecule has 0 radical (unpaired) electrons. The summed E-state index contributed by atoms with van der Waals surface area (Å²) in [5.74, 6) is -0.0769. The second kappa shape index (κ2) is 7.49. The molecule has 0 fully saturated rings. The lowest BCUT2D eigenvalue weighted by Crippen LogP contribution is -2.22. The van der Waals surface area contributed by atoms with Crippen LogP contribution in [-0.2, 0) is 21.2 Å². The van der Waals surface area contributed by atoms with Gasteiger partial charge in [0, 0.05) is 13.5 Å². The molecule has 0 spiro atoms. The van der Waals surface area contributed by atoms with Crippen LogP contribution in [0.2, 0.25) is 0 Å². The van der Waals surface area contributed by atoms with Crippen LogP contribution in [0.15, 0.2) is 47.4 Å². The molecule has 2 aromatic carbocycles. The summed E-state index contributed by atoms with van der Waals surface area (Å²) in [5, 5.41) is 2.71. The monoisotopic (exact) mass is 346 g/mol. The van der Waals surface area contributed by atoms with Crippen LogP contribution in [0.3, 0.4) is 0 Å². The maximum atomic E-state index is 12.6. The largest absolute Gasteiger partial charge is 0.356 e. The van der Waals surface area contributed by atoms with Gasteiger partial charge in [0.1, 0.15) is 0 Å². The lowest BCUT2D eigenvalue weighted by atomic mass is 10.1. The third-order valence-corrected chi connectivity index (χ3v) is 5.10. The number of amides is 1. The summed E-state index contributed by atoms with van der Waals surface area (Å²) in [6.45, 7) is 5.74. The van der Waals surface area contributed by atoms with Crippen molar-refractivity contribution in [3.05, 3.63) is 59.2 Å². The molecule has 128 valence electrons. The SMILES string of the molecule is CC(=O)NCCc1ccc(S(=O)(=O)Nc2c(C)cccc2C)cc1. The van der Waals surface area contributed by atoms with E-state index in [2.05, 4.69) is 10.0 Å². The molecule has 5 nitrogen and oxygen atoms in total. The zero-order chi connectivity index (χ0) is 17.7. The Kier molecular flexibility index (Phi) is 5.62. The number of carbonyl (C=O) groups excluding carboxylic acids is 1. The first-order chi connectivity index (χ1) is 11.3. The Balaban J connectivity index is 2.13. The summed E-state index contributed by atoms with van der Waals surface area (Å²) in [6.07, 6.45) is 0.657. The van der Waals surface area contributed by atoms with Crippen LogP contribution in [0.5, 0.6) is 0 Å². The number of rotatable bonds is 6. The number of nitrogens with one attached hydrogen (secondary N) is 2. The van der Waals surface area contributed by atoms with Crippen molar-refractivity contribution >= 4 is 21.6 Å². The first-order valence-electron chi connectivity index (χ1n) is 7.72. The lowest BCUT2D eigenvalue weighted by molar-refractivity contribution is -0.118. The first kappa shape index (κ1) is 18.0. The minimum Gasteiger partial charge on any atom is -0.356 e. The smallest absolute Gasteiger partial charge is 0.261 e. The highest BCUT2D eigenvalue weighted by molar-refractivity contribution is 7.92. The van der Waals surface area contributed by atoms with E-state index in [1.165, 1.54) is 6.92 Å².